The van der Waals surface area contributed by atoms with Crippen LogP contribution >= 0.6 is 0 Å². The topological polar surface area (TPSA) is 29.3 Å². The van der Waals surface area contributed by atoms with E-state index in [1.54, 1.807) is 12.1 Å². The van der Waals surface area contributed by atoms with Gasteiger partial charge in [0.05, 0.1) is 5.56 Å². The summed E-state index contributed by atoms with van der Waals surface area (Å²) in [5, 5.41) is 0. The first-order chi connectivity index (χ1) is 9.82. The zero-order valence-electron chi connectivity index (χ0n) is 12.6. The van der Waals surface area contributed by atoms with Crippen molar-refractivity contribution < 1.29 is 13.2 Å². The third kappa shape index (κ3) is 3.70. The minimum Gasteiger partial charge on any atom is -0.368 e. The van der Waals surface area contributed by atoms with E-state index < -0.39 is 11.7 Å². The molecule has 1 heterocycles. The summed E-state index contributed by atoms with van der Waals surface area (Å²) in [5.41, 5.74) is 6.29. The molecule has 1 aromatic carbocycles. The Bertz CT molecular complexity index is 485. The van der Waals surface area contributed by atoms with Crippen molar-refractivity contribution in [2.24, 2.45) is 5.73 Å². The highest BCUT2D eigenvalue weighted by Crippen LogP contribution is 2.39. The number of nitrogens with zero attached hydrogens (tertiary/aromatic N) is 1. The molecule has 1 aliphatic heterocycles. The third-order valence-corrected chi connectivity index (χ3v) is 4.25. The van der Waals surface area contributed by atoms with Crippen LogP contribution in [0.4, 0.5) is 18.9 Å². The largest absolute Gasteiger partial charge is 0.418 e. The quantitative estimate of drug-likeness (QED) is 0.911. The molecule has 1 fully saturated rings. The fourth-order valence-corrected chi connectivity index (χ4v) is 2.93. The lowest BCUT2D eigenvalue weighted by Crippen LogP contribution is -2.29. The summed E-state index contributed by atoms with van der Waals surface area (Å²) < 4.78 is 40.1. The van der Waals surface area contributed by atoms with Gasteiger partial charge in [-0.25, -0.2) is 0 Å². The van der Waals surface area contributed by atoms with E-state index in [9.17, 15) is 13.2 Å². The van der Waals surface area contributed by atoms with Crippen LogP contribution in [0.1, 0.15) is 44.2 Å². The second-order valence-electron chi connectivity index (χ2n) is 5.91. The first-order valence-electron chi connectivity index (χ1n) is 7.55. The first kappa shape index (κ1) is 16.1. The van der Waals surface area contributed by atoms with Gasteiger partial charge in [-0.2, -0.15) is 13.2 Å². The molecule has 2 atom stereocenters. The fourth-order valence-electron chi connectivity index (χ4n) is 2.93. The van der Waals surface area contributed by atoms with Gasteiger partial charge in [-0.1, -0.05) is 13.0 Å². The van der Waals surface area contributed by atoms with Crippen LogP contribution < -0.4 is 10.6 Å². The first-order valence-corrected chi connectivity index (χ1v) is 7.55. The average molecular weight is 300 g/mol. The van der Waals surface area contributed by atoms with E-state index in [0.717, 1.165) is 19.3 Å². The highest BCUT2D eigenvalue weighted by atomic mass is 19.4. The second-order valence-corrected chi connectivity index (χ2v) is 5.91. The van der Waals surface area contributed by atoms with Gasteiger partial charge in [0.2, 0.25) is 0 Å². The van der Waals surface area contributed by atoms with Gasteiger partial charge in [0.15, 0.2) is 0 Å². The predicted octanol–water partition coefficient (Wildman–Crippen LogP) is 3.97. The molecule has 0 aliphatic carbocycles. The Kier molecular flexibility index (Phi) is 4.81. The molecule has 1 aromatic rings. The van der Waals surface area contributed by atoms with E-state index in [-0.39, 0.29) is 12.1 Å². The van der Waals surface area contributed by atoms with E-state index in [1.807, 2.05) is 18.7 Å². The molecule has 0 saturated carbocycles. The van der Waals surface area contributed by atoms with Crippen LogP contribution in [0.2, 0.25) is 0 Å². The number of rotatable bonds is 4. The van der Waals surface area contributed by atoms with Crippen LogP contribution in [0.5, 0.6) is 0 Å². The SMILES string of the molecule is CCC(N)Cc1ccc(N2CCCC2C)c(C(F)(F)F)c1. The van der Waals surface area contributed by atoms with Crippen molar-refractivity contribution >= 4 is 5.69 Å². The summed E-state index contributed by atoms with van der Waals surface area (Å²) in [4.78, 5) is 1.87. The smallest absolute Gasteiger partial charge is 0.368 e. The van der Waals surface area contributed by atoms with E-state index in [0.29, 0.717) is 24.2 Å². The molecule has 1 aliphatic rings. The molecule has 0 amide bonds. The second kappa shape index (κ2) is 6.26. The summed E-state index contributed by atoms with van der Waals surface area (Å²) in [6.07, 6.45) is -1.20. The number of nitrogens with two attached hydrogens (primary N) is 1. The summed E-state index contributed by atoms with van der Waals surface area (Å²) in [7, 11) is 0. The molecule has 1 saturated heterocycles. The molecule has 0 spiro atoms. The molecule has 2 N–H and O–H groups in total. The molecule has 0 aromatic heterocycles. The Morgan fingerprint density at radius 3 is 2.62 bits per heavy atom. The summed E-state index contributed by atoms with van der Waals surface area (Å²) in [6.45, 7) is 4.61. The Morgan fingerprint density at radius 2 is 2.10 bits per heavy atom. The molecule has 0 bridgehead atoms. The van der Waals surface area contributed by atoms with Crippen LogP contribution in [0.3, 0.4) is 0 Å². The number of alkyl halides is 3. The molecule has 0 radical (unpaired) electrons. The number of hydrogen-bond donors (Lipinski definition) is 1. The Balaban J connectivity index is 2.36. The number of benzene rings is 1. The lowest BCUT2D eigenvalue weighted by atomic mass is 10.0. The average Bonchev–Trinajstić information content (AvgIpc) is 2.83. The van der Waals surface area contributed by atoms with E-state index in [2.05, 4.69) is 0 Å². The van der Waals surface area contributed by atoms with Gasteiger partial charge in [0.1, 0.15) is 0 Å². The molecule has 2 unspecified atom stereocenters. The molecular weight excluding hydrogens is 277 g/mol. The van der Waals surface area contributed by atoms with Gasteiger partial charge >= 0.3 is 6.18 Å². The van der Waals surface area contributed by atoms with Crippen molar-refractivity contribution in [3.05, 3.63) is 29.3 Å². The van der Waals surface area contributed by atoms with Crippen LogP contribution in [-0.4, -0.2) is 18.6 Å². The van der Waals surface area contributed by atoms with Gasteiger partial charge in [-0.3, -0.25) is 0 Å². The predicted molar refractivity (Wildman–Crippen MR) is 79.5 cm³/mol. The lowest BCUT2D eigenvalue weighted by Gasteiger charge is -2.27. The van der Waals surface area contributed by atoms with Gasteiger partial charge in [-0.15, -0.1) is 0 Å². The molecule has 21 heavy (non-hydrogen) atoms. The van der Waals surface area contributed by atoms with Crippen LogP contribution in [0.15, 0.2) is 18.2 Å². The zero-order valence-corrected chi connectivity index (χ0v) is 12.6. The van der Waals surface area contributed by atoms with Gasteiger partial charge in [0, 0.05) is 24.3 Å². The van der Waals surface area contributed by atoms with E-state index in [1.165, 1.54) is 6.07 Å². The normalized spacial score (nSPS) is 20.9. The molecular formula is C16H23F3N2. The number of hydrogen-bond acceptors (Lipinski definition) is 2. The van der Waals surface area contributed by atoms with Crippen molar-refractivity contribution in [1.29, 1.82) is 0 Å². The highest BCUT2D eigenvalue weighted by molar-refractivity contribution is 5.57. The maximum Gasteiger partial charge on any atom is 0.418 e. The van der Waals surface area contributed by atoms with E-state index in [4.69, 9.17) is 5.73 Å². The van der Waals surface area contributed by atoms with Crippen molar-refractivity contribution in [2.45, 2.75) is 57.8 Å². The minimum atomic E-state index is -4.33. The van der Waals surface area contributed by atoms with Crippen molar-refractivity contribution in [3.63, 3.8) is 0 Å². The number of anilines is 1. The zero-order chi connectivity index (χ0) is 15.6. The van der Waals surface area contributed by atoms with Crippen LogP contribution in [-0.2, 0) is 12.6 Å². The monoisotopic (exact) mass is 300 g/mol. The van der Waals surface area contributed by atoms with Gasteiger partial charge in [0.25, 0.3) is 0 Å². The number of halogens is 3. The Labute approximate surface area is 124 Å². The molecule has 5 heteroatoms. The fraction of sp³-hybridized carbons (Fsp3) is 0.625. The summed E-state index contributed by atoms with van der Waals surface area (Å²) in [5.74, 6) is 0. The maximum absolute atomic E-state index is 13.4. The lowest BCUT2D eigenvalue weighted by molar-refractivity contribution is -0.137. The highest BCUT2D eigenvalue weighted by Gasteiger charge is 2.36. The minimum absolute atomic E-state index is 0.0948. The van der Waals surface area contributed by atoms with E-state index >= 15 is 0 Å². The van der Waals surface area contributed by atoms with Crippen LogP contribution in [0.25, 0.3) is 0 Å². The Hall–Kier alpha value is -1.23. The molecule has 2 rings (SSSR count). The van der Waals surface area contributed by atoms with Crippen molar-refractivity contribution in [2.75, 3.05) is 11.4 Å². The maximum atomic E-state index is 13.4. The standard InChI is InChI=1S/C16H23F3N2/c1-3-13(20)9-12-6-7-15(14(10-12)16(17,18)19)21-8-4-5-11(21)2/h6-7,10-11,13H,3-5,8-9,20H2,1-2H3. The van der Waals surface area contributed by atoms with Gasteiger partial charge < -0.3 is 10.6 Å². The third-order valence-electron chi connectivity index (χ3n) is 4.25. The van der Waals surface area contributed by atoms with Crippen LogP contribution in [0, 0.1) is 0 Å². The van der Waals surface area contributed by atoms with Crippen molar-refractivity contribution in [3.8, 4) is 0 Å². The van der Waals surface area contributed by atoms with Gasteiger partial charge in [-0.05, 0) is 50.3 Å². The molecule has 2 nitrogen and oxygen atoms in total. The molecule has 118 valence electrons. The Morgan fingerprint density at radius 1 is 1.38 bits per heavy atom. The van der Waals surface area contributed by atoms with Crippen molar-refractivity contribution in [1.82, 2.24) is 0 Å². The summed E-state index contributed by atoms with van der Waals surface area (Å²) in [6, 6.07) is 4.74. The summed E-state index contributed by atoms with van der Waals surface area (Å²) >= 11 is 0.